The van der Waals surface area contributed by atoms with Crippen LogP contribution in [0.3, 0.4) is 0 Å². The summed E-state index contributed by atoms with van der Waals surface area (Å²) in [5.74, 6) is 0.710. The molecule has 1 aromatic carbocycles. The Bertz CT molecular complexity index is 1040. The van der Waals surface area contributed by atoms with Gasteiger partial charge < -0.3 is 14.5 Å². The van der Waals surface area contributed by atoms with Gasteiger partial charge in [-0.1, -0.05) is 22.9 Å². The zero-order valence-electron chi connectivity index (χ0n) is 17.0. The van der Waals surface area contributed by atoms with Gasteiger partial charge in [-0.05, 0) is 38.0 Å². The summed E-state index contributed by atoms with van der Waals surface area (Å²) in [7, 11) is 5.36. The number of amides is 1. The third-order valence-corrected chi connectivity index (χ3v) is 7.18. The number of aryl methyl sites for hydroxylation is 2. The van der Waals surface area contributed by atoms with Crippen LogP contribution >= 0.6 is 22.9 Å². The summed E-state index contributed by atoms with van der Waals surface area (Å²) < 4.78 is 8.10. The van der Waals surface area contributed by atoms with Crippen molar-refractivity contribution in [3.05, 3.63) is 34.6 Å². The minimum Gasteiger partial charge on any atom is -0.494 e. The van der Waals surface area contributed by atoms with Crippen molar-refractivity contribution in [3.8, 4) is 5.75 Å². The molecule has 3 heterocycles. The number of piperidine rings is 1. The summed E-state index contributed by atoms with van der Waals surface area (Å²) in [6.45, 7) is 3.62. The third kappa shape index (κ3) is 3.67. The number of nitrogens with zero attached hydrogens (tertiary/aromatic N) is 5. The van der Waals surface area contributed by atoms with Crippen molar-refractivity contribution in [2.75, 3.05) is 32.1 Å². The summed E-state index contributed by atoms with van der Waals surface area (Å²) in [6, 6.07) is 5.72. The first-order valence-electron chi connectivity index (χ1n) is 9.54. The van der Waals surface area contributed by atoms with Gasteiger partial charge in [-0.3, -0.25) is 9.48 Å². The van der Waals surface area contributed by atoms with Crippen molar-refractivity contribution >= 4 is 44.2 Å². The Morgan fingerprint density at radius 3 is 2.69 bits per heavy atom. The van der Waals surface area contributed by atoms with E-state index in [0.29, 0.717) is 10.7 Å². The number of halogens is 1. The average molecular weight is 434 g/mol. The highest BCUT2D eigenvalue weighted by molar-refractivity contribution is 7.22. The number of aromatic nitrogens is 3. The standard InChI is InChI=1S/C20H24ClN5O2S/c1-12-11-15(23-25(12)3)19(27)24(2)13-7-9-26(10-8-13)20-22-17-16(28-4)6-5-14(21)18(17)29-20/h5-6,11,13H,7-10H2,1-4H3. The molecule has 4 rings (SSSR count). The lowest BCUT2D eigenvalue weighted by Crippen LogP contribution is -2.45. The summed E-state index contributed by atoms with van der Waals surface area (Å²) in [5.41, 5.74) is 2.28. The molecule has 0 bridgehead atoms. The Kier molecular flexibility index (Phi) is 5.40. The molecular formula is C20H24ClN5O2S. The second kappa shape index (κ2) is 7.84. The van der Waals surface area contributed by atoms with Gasteiger partial charge in [0.1, 0.15) is 11.3 Å². The lowest BCUT2D eigenvalue weighted by molar-refractivity contribution is 0.0702. The van der Waals surface area contributed by atoms with Crippen LogP contribution in [-0.4, -0.2) is 58.9 Å². The Balaban J connectivity index is 1.46. The minimum atomic E-state index is -0.0244. The number of thiazole rings is 1. The largest absolute Gasteiger partial charge is 0.494 e. The number of rotatable bonds is 4. The SMILES string of the molecule is COc1ccc(Cl)c2sc(N3CCC(N(C)C(=O)c4cc(C)n(C)n4)CC3)nc12. The molecular weight excluding hydrogens is 410 g/mol. The molecule has 0 saturated carbocycles. The van der Waals surface area contributed by atoms with Gasteiger partial charge in [-0.2, -0.15) is 5.10 Å². The Morgan fingerprint density at radius 2 is 2.07 bits per heavy atom. The van der Waals surface area contributed by atoms with Gasteiger partial charge in [0.25, 0.3) is 5.91 Å². The van der Waals surface area contributed by atoms with Crippen LogP contribution in [-0.2, 0) is 7.05 Å². The molecule has 1 saturated heterocycles. The van der Waals surface area contributed by atoms with E-state index in [9.17, 15) is 4.79 Å². The van der Waals surface area contributed by atoms with E-state index in [1.54, 1.807) is 23.1 Å². The van der Waals surface area contributed by atoms with Crippen molar-refractivity contribution in [3.63, 3.8) is 0 Å². The molecule has 3 aromatic rings. The number of anilines is 1. The number of carbonyl (C=O) groups excluding carboxylic acids is 1. The maximum absolute atomic E-state index is 12.8. The predicted molar refractivity (Wildman–Crippen MR) is 116 cm³/mol. The summed E-state index contributed by atoms with van der Waals surface area (Å²) in [5, 5.41) is 5.95. The third-order valence-electron chi connectivity index (χ3n) is 5.60. The van der Waals surface area contributed by atoms with Gasteiger partial charge in [0.15, 0.2) is 10.8 Å². The quantitative estimate of drug-likeness (QED) is 0.627. The van der Waals surface area contributed by atoms with E-state index < -0.39 is 0 Å². The van der Waals surface area contributed by atoms with E-state index in [0.717, 1.165) is 52.7 Å². The first-order valence-corrected chi connectivity index (χ1v) is 10.7. The van der Waals surface area contributed by atoms with Crippen molar-refractivity contribution in [1.29, 1.82) is 0 Å². The molecule has 1 amide bonds. The maximum Gasteiger partial charge on any atom is 0.274 e. The Morgan fingerprint density at radius 1 is 1.34 bits per heavy atom. The van der Waals surface area contributed by atoms with Gasteiger partial charge in [-0.15, -0.1) is 0 Å². The molecule has 0 radical (unpaired) electrons. The molecule has 0 atom stereocenters. The second-order valence-electron chi connectivity index (χ2n) is 7.35. The highest BCUT2D eigenvalue weighted by atomic mass is 35.5. The first-order chi connectivity index (χ1) is 13.9. The first kappa shape index (κ1) is 20.0. The van der Waals surface area contributed by atoms with Crippen molar-refractivity contribution in [2.24, 2.45) is 7.05 Å². The number of ether oxygens (including phenoxy) is 1. The molecule has 154 valence electrons. The molecule has 0 spiro atoms. The van der Waals surface area contributed by atoms with E-state index in [1.807, 2.05) is 44.1 Å². The van der Waals surface area contributed by atoms with Crippen molar-refractivity contribution in [1.82, 2.24) is 19.7 Å². The van der Waals surface area contributed by atoms with Gasteiger partial charge in [0, 0.05) is 38.9 Å². The molecule has 0 aliphatic carbocycles. The normalized spacial score (nSPS) is 15.1. The van der Waals surface area contributed by atoms with Gasteiger partial charge in [0.2, 0.25) is 0 Å². The Hall–Kier alpha value is -2.32. The molecule has 1 fully saturated rings. The van der Waals surface area contributed by atoms with Gasteiger partial charge in [0.05, 0.1) is 16.8 Å². The maximum atomic E-state index is 12.8. The summed E-state index contributed by atoms with van der Waals surface area (Å²) >= 11 is 7.94. The summed E-state index contributed by atoms with van der Waals surface area (Å²) in [4.78, 5) is 21.7. The van der Waals surface area contributed by atoms with Crippen LogP contribution in [0.1, 0.15) is 29.0 Å². The molecule has 1 aliphatic rings. The monoisotopic (exact) mass is 433 g/mol. The van der Waals surface area contributed by atoms with Gasteiger partial charge >= 0.3 is 0 Å². The van der Waals surface area contributed by atoms with Crippen LogP contribution in [0.2, 0.25) is 5.02 Å². The van der Waals surface area contributed by atoms with Crippen LogP contribution in [0.5, 0.6) is 5.75 Å². The molecule has 9 heteroatoms. The van der Waals surface area contributed by atoms with Crippen LogP contribution in [0, 0.1) is 6.92 Å². The second-order valence-corrected chi connectivity index (χ2v) is 8.74. The van der Waals surface area contributed by atoms with E-state index in [-0.39, 0.29) is 11.9 Å². The highest BCUT2D eigenvalue weighted by Crippen LogP contribution is 2.39. The van der Waals surface area contributed by atoms with E-state index in [1.165, 1.54) is 0 Å². The van der Waals surface area contributed by atoms with Crippen molar-refractivity contribution in [2.45, 2.75) is 25.8 Å². The lowest BCUT2D eigenvalue weighted by Gasteiger charge is -2.36. The topological polar surface area (TPSA) is 63.5 Å². The molecule has 2 aromatic heterocycles. The number of hydrogen-bond acceptors (Lipinski definition) is 6. The zero-order valence-corrected chi connectivity index (χ0v) is 18.5. The van der Waals surface area contributed by atoms with E-state index in [2.05, 4.69) is 10.00 Å². The van der Waals surface area contributed by atoms with Crippen LogP contribution in [0.25, 0.3) is 10.2 Å². The fourth-order valence-electron chi connectivity index (χ4n) is 3.70. The van der Waals surface area contributed by atoms with Crippen LogP contribution < -0.4 is 9.64 Å². The van der Waals surface area contributed by atoms with Crippen LogP contribution in [0.15, 0.2) is 18.2 Å². The van der Waals surface area contributed by atoms with E-state index in [4.69, 9.17) is 21.3 Å². The minimum absolute atomic E-state index is 0.0244. The molecule has 29 heavy (non-hydrogen) atoms. The molecule has 7 nitrogen and oxygen atoms in total. The van der Waals surface area contributed by atoms with Crippen LogP contribution in [0.4, 0.5) is 5.13 Å². The fraction of sp³-hybridized carbons (Fsp3) is 0.450. The number of methoxy groups -OCH3 is 1. The zero-order chi connectivity index (χ0) is 20.7. The predicted octanol–water partition coefficient (Wildman–Crippen LogP) is 3.74. The molecule has 0 unspecified atom stereocenters. The number of fused-ring (bicyclic) bond motifs is 1. The molecule has 1 aliphatic heterocycles. The van der Waals surface area contributed by atoms with E-state index >= 15 is 0 Å². The lowest BCUT2D eigenvalue weighted by atomic mass is 10.0. The number of hydrogen-bond donors (Lipinski definition) is 0. The van der Waals surface area contributed by atoms with Gasteiger partial charge in [-0.25, -0.2) is 4.98 Å². The molecule has 0 N–H and O–H groups in total. The van der Waals surface area contributed by atoms with Crippen molar-refractivity contribution < 1.29 is 9.53 Å². The highest BCUT2D eigenvalue weighted by Gasteiger charge is 2.28. The number of benzene rings is 1. The Labute approximate surface area is 178 Å². The average Bonchev–Trinajstić information content (AvgIpc) is 3.32. The smallest absolute Gasteiger partial charge is 0.274 e. The number of carbonyl (C=O) groups is 1. The summed E-state index contributed by atoms with van der Waals surface area (Å²) in [6.07, 6.45) is 1.77. The fourth-order valence-corrected chi connectivity index (χ4v) is 5.01.